The highest BCUT2D eigenvalue weighted by atomic mass is 79.9. The summed E-state index contributed by atoms with van der Waals surface area (Å²) < 4.78 is 3.38. The van der Waals surface area contributed by atoms with Gasteiger partial charge in [-0.1, -0.05) is 15.9 Å². The number of rotatable bonds is 2. The van der Waals surface area contributed by atoms with Crippen molar-refractivity contribution in [2.45, 2.75) is 25.7 Å². The first-order chi connectivity index (χ1) is 10.1. The lowest BCUT2D eigenvalue weighted by atomic mass is 10.2. The smallest absolute Gasteiger partial charge is 0.117 e. The number of benzene rings is 2. The van der Waals surface area contributed by atoms with Crippen molar-refractivity contribution in [2.24, 2.45) is 0 Å². The fraction of sp³-hybridized carbons (Fsp3) is 0.235. The van der Waals surface area contributed by atoms with Crippen LogP contribution in [-0.4, -0.2) is 9.55 Å². The molecular weight excluding hydrogens is 326 g/mol. The summed E-state index contributed by atoms with van der Waals surface area (Å²) in [6.07, 6.45) is 2.46. The van der Waals surface area contributed by atoms with E-state index in [2.05, 4.69) is 51.7 Å². The number of imidazole rings is 1. The molecule has 0 spiro atoms. The van der Waals surface area contributed by atoms with Crippen molar-refractivity contribution in [1.82, 2.24) is 9.55 Å². The number of aryl methyl sites for hydroxylation is 1. The SMILES string of the molecule is Cc1cc(Br)cc(-n2c(C3CC3)nc3cc(N)ccc32)c1. The first kappa shape index (κ1) is 12.9. The van der Waals surface area contributed by atoms with Crippen molar-refractivity contribution in [3.05, 3.63) is 52.3 Å². The zero-order valence-corrected chi connectivity index (χ0v) is 13.4. The van der Waals surface area contributed by atoms with Gasteiger partial charge < -0.3 is 5.73 Å². The molecule has 4 rings (SSSR count). The number of hydrogen-bond donors (Lipinski definition) is 1. The zero-order chi connectivity index (χ0) is 14.6. The maximum Gasteiger partial charge on any atom is 0.117 e. The van der Waals surface area contributed by atoms with Crippen molar-refractivity contribution < 1.29 is 0 Å². The van der Waals surface area contributed by atoms with Gasteiger partial charge in [0.2, 0.25) is 0 Å². The van der Waals surface area contributed by atoms with Crippen LogP contribution in [0, 0.1) is 6.92 Å². The van der Waals surface area contributed by atoms with E-state index in [-0.39, 0.29) is 0 Å². The van der Waals surface area contributed by atoms with Crippen LogP contribution >= 0.6 is 15.9 Å². The predicted octanol–water partition coefficient (Wildman–Crippen LogP) is 4.56. The fourth-order valence-corrected chi connectivity index (χ4v) is 3.44. The monoisotopic (exact) mass is 341 g/mol. The minimum atomic E-state index is 0.581. The van der Waals surface area contributed by atoms with Gasteiger partial charge >= 0.3 is 0 Å². The molecule has 1 fully saturated rings. The Morgan fingerprint density at radius 2 is 2.00 bits per heavy atom. The molecule has 106 valence electrons. The third-order valence-electron chi connectivity index (χ3n) is 3.93. The van der Waals surface area contributed by atoms with Crippen LogP contribution in [0.25, 0.3) is 16.7 Å². The summed E-state index contributed by atoms with van der Waals surface area (Å²) in [5.74, 6) is 1.74. The Labute approximate surface area is 131 Å². The minimum Gasteiger partial charge on any atom is -0.399 e. The lowest BCUT2D eigenvalue weighted by Crippen LogP contribution is -2.00. The first-order valence-electron chi connectivity index (χ1n) is 7.17. The average molecular weight is 342 g/mol. The molecule has 0 saturated heterocycles. The Balaban J connectivity index is 2.03. The molecule has 0 aliphatic heterocycles. The quantitative estimate of drug-likeness (QED) is 0.694. The molecule has 0 bridgehead atoms. The molecule has 3 aromatic rings. The normalized spacial score (nSPS) is 14.8. The number of nitrogens with two attached hydrogens (primary N) is 1. The van der Waals surface area contributed by atoms with Crippen LogP contribution in [0.5, 0.6) is 0 Å². The van der Waals surface area contributed by atoms with Crippen molar-refractivity contribution in [2.75, 3.05) is 5.73 Å². The Morgan fingerprint density at radius 3 is 2.71 bits per heavy atom. The number of hydrogen-bond acceptors (Lipinski definition) is 2. The number of fused-ring (bicyclic) bond motifs is 1. The lowest BCUT2D eigenvalue weighted by Gasteiger charge is -2.10. The van der Waals surface area contributed by atoms with E-state index in [0.717, 1.165) is 32.7 Å². The van der Waals surface area contributed by atoms with Crippen LogP contribution in [0.4, 0.5) is 5.69 Å². The topological polar surface area (TPSA) is 43.8 Å². The number of anilines is 1. The van der Waals surface area contributed by atoms with Crippen molar-refractivity contribution in [3.63, 3.8) is 0 Å². The maximum atomic E-state index is 5.91. The summed E-state index contributed by atoms with van der Waals surface area (Å²) in [6, 6.07) is 12.5. The van der Waals surface area contributed by atoms with Gasteiger partial charge in [0.15, 0.2) is 0 Å². The van der Waals surface area contributed by atoms with E-state index in [4.69, 9.17) is 10.7 Å². The standard InChI is InChI=1S/C17H16BrN3/c1-10-6-12(18)8-14(7-10)21-16-5-4-13(19)9-15(16)20-17(21)11-2-3-11/h4-9,11H,2-3,19H2,1H3. The van der Waals surface area contributed by atoms with Crippen molar-refractivity contribution in [3.8, 4) is 5.69 Å². The van der Waals surface area contributed by atoms with Gasteiger partial charge in [0.25, 0.3) is 0 Å². The van der Waals surface area contributed by atoms with Gasteiger partial charge in [-0.3, -0.25) is 4.57 Å². The van der Waals surface area contributed by atoms with Gasteiger partial charge in [-0.2, -0.15) is 0 Å². The molecule has 1 aliphatic carbocycles. The summed E-state index contributed by atoms with van der Waals surface area (Å²) in [5.41, 5.74) is 11.2. The molecule has 21 heavy (non-hydrogen) atoms. The van der Waals surface area contributed by atoms with Crippen LogP contribution in [0.2, 0.25) is 0 Å². The van der Waals surface area contributed by atoms with Gasteiger partial charge in [0, 0.05) is 21.8 Å². The molecule has 1 saturated carbocycles. The van der Waals surface area contributed by atoms with E-state index in [9.17, 15) is 0 Å². The second kappa shape index (κ2) is 4.60. The molecule has 0 atom stereocenters. The molecule has 3 nitrogen and oxygen atoms in total. The number of nitrogen functional groups attached to an aromatic ring is 1. The maximum absolute atomic E-state index is 5.91. The third-order valence-corrected chi connectivity index (χ3v) is 4.39. The Kier molecular flexibility index (Phi) is 2.82. The lowest BCUT2D eigenvalue weighted by molar-refractivity contribution is 0.895. The highest BCUT2D eigenvalue weighted by Crippen LogP contribution is 2.42. The molecular formula is C17H16BrN3. The van der Waals surface area contributed by atoms with E-state index in [1.807, 2.05) is 12.1 Å². The largest absolute Gasteiger partial charge is 0.399 e. The number of nitrogens with zero attached hydrogens (tertiary/aromatic N) is 2. The molecule has 1 aromatic heterocycles. The van der Waals surface area contributed by atoms with Gasteiger partial charge in [-0.15, -0.1) is 0 Å². The highest BCUT2D eigenvalue weighted by molar-refractivity contribution is 9.10. The van der Waals surface area contributed by atoms with Crippen LogP contribution in [-0.2, 0) is 0 Å². The Morgan fingerprint density at radius 1 is 1.19 bits per heavy atom. The Hall–Kier alpha value is -1.81. The average Bonchev–Trinajstić information content (AvgIpc) is 3.18. The number of aromatic nitrogens is 2. The van der Waals surface area contributed by atoms with Gasteiger partial charge in [-0.05, 0) is 61.7 Å². The molecule has 0 radical (unpaired) electrons. The van der Waals surface area contributed by atoms with E-state index in [1.54, 1.807) is 0 Å². The summed E-state index contributed by atoms with van der Waals surface area (Å²) in [7, 11) is 0. The fourth-order valence-electron chi connectivity index (χ4n) is 2.85. The van der Waals surface area contributed by atoms with E-state index < -0.39 is 0 Å². The molecule has 2 aromatic carbocycles. The van der Waals surface area contributed by atoms with Crippen molar-refractivity contribution in [1.29, 1.82) is 0 Å². The van der Waals surface area contributed by atoms with Gasteiger partial charge in [-0.25, -0.2) is 4.98 Å². The van der Waals surface area contributed by atoms with E-state index in [1.165, 1.54) is 18.4 Å². The second-order valence-corrected chi connectivity index (χ2v) is 6.73. The van der Waals surface area contributed by atoms with Gasteiger partial charge in [0.1, 0.15) is 5.82 Å². The zero-order valence-electron chi connectivity index (χ0n) is 11.8. The second-order valence-electron chi connectivity index (χ2n) is 5.81. The first-order valence-corrected chi connectivity index (χ1v) is 7.96. The third kappa shape index (κ3) is 2.23. The van der Waals surface area contributed by atoms with Crippen LogP contribution < -0.4 is 5.73 Å². The summed E-state index contributed by atoms with van der Waals surface area (Å²) in [4.78, 5) is 4.84. The minimum absolute atomic E-state index is 0.581. The van der Waals surface area contributed by atoms with E-state index in [0.29, 0.717) is 5.92 Å². The molecule has 1 heterocycles. The van der Waals surface area contributed by atoms with Crippen molar-refractivity contribution >= 4 is 32.7 Å². The van der Waals surface area contributed by atoms with Crippen LogP contribution in [0.1, 0.15) is 30.1 Å². The Bertz CT molecular complexity index is 826. The summed E-state index contributed by atoms with van der Waals surface area (Å²) in [6.45, 7) is 2.11. The molecule has 1 aliphatic rings. The van der Waals surface area contributed by atoms with Gasteiger partial charge in [0.05, 0.1) is 11.0 Å². The number of halogens is 1. The predicted molar refractivity (Wildman–Crippen MR) is 89.9 cm³/mol. The van der Waals surface area contributed by atoms with Crippen LogP contribution in [0.15, 0.2) is 40.9 Å². The molecule has 0 amide bonds. The summed E-state index contributed by atoms with van der Waals surface area (Å²) >= 11 is 3.60. The highest BCUT2D eigenvalue weighted by Gasteiger charge is 2.30. The molecule has 4 heteroatoms. The van der Waals surface area contributed by atoms with E-state index >= 15 is 0 Å². The summed E-state index contributed by atoms with van der Waals surface area (Å²) in [5, 5.41) is 0. The molecule has 0 unspecified atom stereocenters. The molecule has 2 N–H and O–H groups in total. The van der Waals surface area contributed by atoms with Crippen LogP contribution in [0.3, 0.4) is 0 Å².